The van der Waals surface area contributed by atoms with E-state index in [1.165, 1.54) is 0 Å². The molecule has 1 aliphatic heterocycles. The van der Waals surface area contributed by atoms with Gasteiger partial charge in [0.1, 0.15) is 0 Å². The Morgan fingerprint density at radius 1 is 1.20 bits per heavy atom. The van der Waals surface area contributed by atoms with Crippen LogP contribution in [-0.4, -0.2) is 43.3 Å². The first kappa shape index (κ1) is 15.6. The fourth-order valence-electron chi connectivity index (χ4n) is 3.61. The molecule has 0 bridgehead atoms. The maximum absolute atomic E-state index is 11.6. The molecule has 1 aliphatic carbocycles. The molecule has 1 saturated carbocycles. The molecule has 2 fully saturated rings. The molecular weight excluding hydrogens is 252 g/mol. The molecule has 1 amide bonds. The van der Waals surface area contributed by atoms with Gasteiger partial charge in [0.25, 0.3) is 0 Å². The van der Waals surface area contributed by atoms with Crippen LogP contribution in [0.15, 0.2) is 0 Å². The van der Waals surface area contributed by atoms with E-state index >= 15 is 0 Å². The number of piperidine rings is 1. The van der Waals surface area contributed by atoms with E-state index in [1.54, 1.807) is 0 Å². The van der Waals surface area contributed by atoms with E-state index in [-0.39, 0.29) is 6.09 Å². The van der Waals surface area contributed by atoms with Crippen LogP contribution in [0.3, 0.4) is 0 Å². The monoisotopic (exact) mass is 282 g/mol. The summed E-state index contributed by atoms with van der Waals surface area (Å²) in [5.41, 5.74) is 0.900. The van der Waals surface area contributed by atoms with Gasteiger partial charge in [-0.25, -0.2) is 4.79 Å². The second kappa shape index (κ2) is 5.55. The Kier molecular flexibility index (Phi) is 4.33. The number of carbonyl (C=O) groups is 1. The summed E-state index contributed by atoms with van der Waals surface area (Å²) in [6.45, 7) is 14.5. The highest BCUT2D eigenvalue weighted by molar-refractivity contribution is 5.67. The molecule has 2 rings (SSSR count). The fourth-order valence-corrected chi connectivity index (χ4v) is 3.61. The number of hydrogen-bond acceptors (Lipinski definition) is 3. The number of nitrogens with zero attached hydrogens (tertiary/aromatic N) is 1. The van der Waals surface area contributed by atoms with Crippen molar-refractivity contribution in [2.75, 3.05) is 26.2 Å². The lowest BCUT2D eigenvalue weighted by Crippen LogP contribution is -2.45. The Labute approximate surface area is 123 Å². The molecular formula is C16H30N2O2. The van der Waals surface area contributed by atoms with Crippen LogP contribution in [0.5, 0.6) is 0 Å². The predicted octanol–water partition coefficient (Wildman–Crippen LogP) is 2.88. The van der Waals surface area contributed by atoms with Gasteiger partial charge in [0.05, 0.1) is 6.61 Å². The van der Waals surface area contributed by atoms with Crippen molar-refractivity contribution in [1.29, 1.82) is 0 Å². The standard InChI is InChI=1S/C16H30N2O2/c1-6-20-14(19)18-9-7-12(8-10-18)17-11-13-15(2,3)16(13,4)5/h12-13,17H,6-11H2,1-5H3. The van der Waals surface area contributed by atoms with E-state index in [0.29, 0.717) is 23.5 Å². The van der Waals surface area contributed by atoms with Crippen LogP contribution in [0.25, 0.3) is 0 Å². The molecule has 0 aromatic heterocycles. The summed E-state index contributed by atoms with van der Waals surface area (Å²) in [7, 11) is 0. The van der Waals surface area contributed by atoms with Crippen molar-refractivity contribution in [3.63, 3.8) is 0 Å². The molecule has 0 aromatic carbocycles. The molecule has 0 unspecified atom stereocenters. The molecule has 2 aliphatic rings. The number of carbonyl (C=O) groups excluding carboxylic acids is 1. The summed E-state index contributed by atoms with van der Waals surface area (Å²) in [4.78, 5) is 13.5. The number of nitrogens with one attached hydrogen (secondary N) is 1. The van der Waals surface area contributed by atoms with Crippen molar-refractivity contribution in [1.82, 2.24) is 10.2 Å². The van der Waals surface area contributed by atoms with Crippen molar-refractivity contribution < 1.29 is 9.53 Å². The lowest BCUT2D eigenvalue weighted by Gasteiger charge is -2.32. The van der Waals surface area contributed by atoms with Crippen molar-refractivity contribution in [2.24, 2.45) is 16.7 Å². The zero-order valence-corrected chi connectivity index (χ0v) is 13.7. The average molecular weight is 282 g/mol. The van der Waals surface area contributed by atoms with Crippen molar-refractivity contribution >= 4 is 6.09 Å². The van der Waals surface area contributed by atoms with Crippen LogP contribution in [0.1, 0.15) is 47.5 Å². The van der Waals surface area contributed by atoms with Gasteiger partial charge in [-0.1, -0.05) is 27.7 Å². The minimum atomic E-state index is -0.157. The van der Waals surface area contributed by atoms with Crippen molar-refractivity contribution in [3.8, 4) is 0 Å². The van der Waals surface area contributed by atoms with Gasteiger partial charge in [0, 0.05) is 19.1 Å². The van der Waals surface area contributed by atoms with Gasteiger partial charge in [-0.3, -0.25) is 0 Å². The van der Waals surface area contributed by atoms with E-state index in [1.807, 2.05) is 11.8 Å². The maximum atomic E-state index is 11.6. The van der Waals surface area contributed by atoms with Crippen molar-refractivity contribution in [3.05, 3.63) is 0 Å². The molecule has 0 spiro atoms. The second-order valence-corrected chi connectivity index (χ2v) is 7.36. The topological polar surface area (TPSA) is 41.6 Å². The average Bonchev–Trinajstić information content (AvgIpc) is 2.78. The van der Waals surface area contributed by atoms with Gasteiger partial charge in [-0.05, 0) is 43.1 Å². The summed E-state index contributed by atoms with van der Waals surface area (Å²) >= 11 is 0. The first-order valence-electron chi connectivity index (χ1n) is 7.95. The first-order chi connectivity index (χ1) is 9.30. The number of likely N-dealkylation sites (tertiary alicyclic amines) is 1. The SMILES string of the molecule is CCOC(=O)N1CCC(NCC2C(C)(C)C2(C)C)CC1. The van der Waals surface area contributed by atoms with Crippen LogP contribution >= 0.6 is 0 Å². The number of ether oxygens (including phenoxy) is 1. The number of rotatable bonds is 4. The zero-order valence-electron chi connectivity index (χ0n) is 13.7. The molecule has 116 valence electrons. The third-order valence-electron chi connectivity index (χ3n) is 5.95. The summed E-state index contributed by atoms with van der Waals surface area (Å²) in [6.07, 6.45) is 1.91. The maximum Gasteiger partial charge on any atom is 0.409 e. The predicted molar refractivity (Wildman–Crippen MR) is 80.7 cm³/mol. The van der Waals surface area contributed by atoms with E-state index in [2.05, 4.69) is 33.0 Å². The Morgan fingerprint density at radius 3 is 2.20 bits per heavy atom. The molecule has 4 nitrogen and oxygen atoms in total. The highest BCUT2D eigenvalue weighted by Crippen LogP contribution is 2.67. The Bertz CT molecular complexity index is 343. The summed E-state index contributed by atoms with van der Waals surface area (Å²) in [5, 5.41) is 3.71. The summed E-state index contributed by atoms with van der Waals surface area (Å²) < 4.78 is 5.05. The largest absolute Gasteiger partial charge is 0.450 e. The lowest BCUT2D eigenvalue weighted by molar-refractivity contribution is 0.0949. The third-order valence-corrected chi connectivity index (χ3v) is 5.95. The number of hydrogen-bond donors (Lipinski definition) is 1. The minimum absolute atomic E-state index is 0.157. The lowest BCUT2D eigenvalue weighted by atomic mass is 10.0. The normalized spacial score (nSPS) is 25.6. The van der Waals surface area contributed by atoms with Gasteiger partial charge in [0.2, 0.25) is 0 Å². The quantitative estimate of drug-likeness (QED) is 0.862. The first-order valence-corrected chi connectivity index (χ1v) is 7.95. The summed E-state index contributed by atoms with van der Waals surface area (Å²) in [6, 6.07) is 0.549. The van der Waals surface area contributed by atoms with Crippen molar-refractivity contribution in [2.45, 2.75) is 53.5 Å². The Balaban J connectivity index is 1.70. The fraction of sp³-hybridized carbons (Fsp3) is 0.938. The molecule has 1 saturated heterocycles. The zero-order chi connectivity index (χ0) is 15.0. The van der Waals surface area contributed by atoms with Crippen LogP contribution in [0, 0.1) is 16.7 Å². The molecule has 4 heteroatoms. The molecule has 20 heavy (non-hydrogen) atoms. The van der Waals surface area contributed by atoms with Crippen LogP contribution in [-0.2, 0) is 4.74 Å². The van der Waals surface area contributed by atoms with E-state index < -0.39 is 0 Å². The van der Waals surface area contributed by atoms with Gasteiger partial charge in [-0.15, -0.1) is 0 Å². The molecule has 1 N–H and O–H groups in total. The second-order valence-electron chi connectivity index (χ2n) is 7.36. The number of amides is 1. The van der Waals surface area contributed by atoms with Gasteiger partial charge >= 0.3 is 6.09 Å². The van der Waals surface area contributed by atoms with Crippen LogP contribution in [0.2, 0.25) is 0 Å². The van der Waals surface area contributed by atoms with E-state index in [4.69, 9.17) is 4.74 Å². The Hall–Kier alpha value is -0.770. The van der Waals surface area contributed by atoms with Gasteiger partial charge in [0.15, 0.2) is 0 Å². The molecule has 0 aromatic rings. The molecule has 1 heterocycles. The Morgan fingerprint density at radius 2 is 1.75 bits per heavy atom. The molecule has 0 radical (unpaired) electrons. The minimum Gasteiger partial charge on any atom is -0.450 e. The van der Waals surface area contributed by atoms with Crippen LogP contribution < -0.4 is 5.32 Å². The van der Waals surface area contributed by atoms with E-state index in [0.717, 1.165) is 38.4 Å². The highest BCUT2D eigenvalue weighted by atomic mass is 16.6. The smallest absolute Gasteiger partial charge is 0.409 e. The molecule has 0 atom stereocenters. The third kappa shape index (κ3) is 2.80. The van der Waals surface area contributed by atoms with E-state index in [9.17, 15) is 4.79 Å². The summed E-state index contributed by atoms with van der Waals surface area (Å²) in [5.74, 6) is 0.762. The highest BCUT2D eigenvalue weighted by Gasteiger charge is 2.63. The van der Waals surface area contributed by atoms with Gasteiger partial charge in [-0.2, -0.15) is 0 Å². The van der Waals surface area contributed by atoms with Crippen LogP contribution in [0.4, 0.5) is 4.79 Å². The van der Waals surface area contributed by atoms with Gasteiger partial charge < -0.3 is 15.0 Å².